The number of carbonyl (C=O) groups excluding carboxylic acids is 3. The minimum absolute atomic E-state index is 0.0160. The highest BCUT2D eigenvalue weighted by atomic mass is 35.5. The Kier molecular flexibility index (Phi) is 6.30. The molecule has 2 fully saturated rings. The van der Waals surface area contributed by atoms with Crippen molar-refractivity contribution in [2.45, 2.75) is 56.4 Å². The van der Waals surface area contributed by atoms with Crippen molar-refractivity contribution in [2.24, 2.45) is 0 Å². The zero-order valence-electron chi connectivity index (χ0n) is 16.9. The zero-order chi connectivity index (χ0) is 22.0. The van der Waals surface area contributed by atoms with E-state index in [-0.39, 0.29) is 30.7 Å². The van der Waals surface area contributed by atoms with Crippen LogP contribution in [0, 0.1) is 0 Å². The van der Waals surface area contributed by atoms with Crippen LogP contribution < -0.4 is 10.6 Å². The average Bonchev–Trinajstić information content (AvgIpc) is 3.25. The first-order valence-electron chi connectivity index (χ1n) is 10.4. The van der Waals surface area contributed by atoms with Crippen molar-refractivity contribution >= 4 is 40.9 Å². The SMILES string of the molecule is O=C1CCC(c2c(Cl)cc(CNC(=O)C3(c4ccncc4)CCCC3)cc2Cl)C(=O)N1. The van der Waals surface area contributed by atoms with Crippen LogP contribution in [0.3, 0.4) is 0 Å². The highest BCUT2D eigenvalue weighted by Gasteiger charge is 2.42. The predicted molar refractivity (Wildman–Crippen MR) is 118 cm³/mol. The highest BCUT2D eigenvalue weighted by Crippen LogP contribution is 2.41. The molecule has 8 heteroatoms. The number of aromatic nitrogens is 1. The van der Waals surface area contributed by atoms with Gasteiger partial charge in [0.25, 0.3) is 0 Å². The van der Waals surface area contributed by atoms with Gasteiger partial charge in [0, 0.05) is 41.0 Å². The molecular formula is C23H23Cl2N3O3. The van der Waals surface area contributed by atoms with Gasteiger partial charge in [-0.1, -0.05) is 36.0 Å². The Morgan fingerprint density at radius 2 is 1.77 bits per heavy atom. The molecule has 0 bridgehead atoms. The molecule has 1 aromatic heterocycles. The summed E-state index contributed by atoms with van der Waals surface area (Å²) in [6, 6.07) is 7.27. The molecule has 0 spiro atoms. The van der Waals surface area contributed by atoms with Gasteiger partial charge in [0.2, 0.25) is 17.7 Å². The molecule has 2 heterocycles. The second-order valence-electron chi connectivity index (χ2n) is 8.18. The number of piperidine rings is 1. The zero-order valence-corrected chi connectivity index (χ0v) is 18.4. The van der Waals surface area contributed by atoms with Crippen molar-refractivity contribution in [3.8, 4) is 0 Å². The molecule has 1 aromatic carbocycles. The van der Waals surface area contributed by atoms with E-state index in [0.717, 1.165) is 36.8 Å². The lowest BCUT2D eigenvalue weighted by molar-refractivity contribution is -0.134. The van der Waals surface area contributed by atoms with Crippen LogP contribution in [0.5, 0.6) is 0 Å². The lowest BCUT2D eigenvalue weighted by Gasteiger charge is -2.28. The van der Waals surface area contributed by atoms with E-state index in [1.165, 1.54) is 0 Å². The summed E-state index contributed by atoms with van der Waals surface area (Å²) in [6.45, 7) is 0.279. The maximum Gasteiger partial charge on any atom is 0.234 e. The van der Waals surface area contributed by atoms with Crippen molar-refractivity contribution in [3.05, 3.63) is 63.4 Å². The quantitative estimate of drug-likeness (QED) is 0.660. The first kappa shape index (κ1) is 21.8. The van der Waals surface area contributed by atoms with Gasteiger partial charge in [-0.2, -0.15) is 0 Å². The summed E-state index contributed by atoms with van der Waals surface area (Å²) in [7, 11) is 0. The number of rotatable bonds is 5. The fourth-order valence-electron chi connectivity index (χ4n) is 4.69. The monoisotopic (exact) mass is 459 g/mol. The number of nitrogens with one attached hydrogen (secondary N) is 2. The third-order valence-electron chi connectivity index (χ3n) is 6.30. The Morgan fingerprint density at radius 1 is 1.13 bits per heavy atom. The first-order valence-corrected chi connectivity index (χ1v) is 11.2. The normalized spacial score (nSPS) is 20.4. The minimum atomic E-state index is -0.560. The Bertz CT molecular complexity index is 997. The van der Waals surface area contributed by atoms with E-state index in [1.54, 1.807) is 24.5 Å². The fourth-order valence-corrected chi connectivity index (χ4v) is 5.48. The summed E-state index contributed by atoms with van der Waals surface area (Å²) >= 11 is 12.9. The average molecular weight is 460 g/mol. The second kappa shape index (κ2) is 8.97. The molecule has 1 saturated carbocycles. The molecule has 2 N–H and O–H groups in total. The number of pyridine rings is 1. The molecule has 3 amide bonds. The number of hydrogen-bond donors (Lipinski definition) is 2. The van der Waals surface area contributed by atoms with Crippen LogP contribution in [0.15, 0.2) is 36.7 Å². The van der Waals surface area contributed by atoms with Crippen molar-refractivity contribution in [1.82, 2.24) is 15.6 Å². The van der Waals surface area contributed by atoms with Gasteiger partial charge in [-0.3, -0.25) is 24.7 Å². The van der Waals surface area contributed by atoms with Gasteiger partial charge in [0.15, 0.2) is 0 Å². The Balaban J connectivity index is 1.51. The van der Waals surface area contributed by atoms with Crippen LogP contribution in [0.4, 0.5) is 0 Å². The highest BCUT2D eigenvalue weighted by molar-refractivity contribution is 6.36. The van der Waals surface area contributed by atoms with E-state index in [1.807, 2.05) is 12.1 Å². The van der Waals surface area contributed by atoms with Crippen LogP contribution in [0.25, 0.3) is 0 Å². The molecule has 1 saturated heterocycles. The van der Waals surface area contributed by atoms with Crippen LogP contribution in [0.1, 0.15) is 61.1 Å². The number of nitrogens with zero attached hydrogens (tertiary/aromatic N) is 1. The smallest absolute Gasteiger partial charge is 0.234 e. The van der Waals surface area contributed by atoms with E-state index >= 15 is 0 Å². The van der Waals surface area contributed by atoms with Crippen LogP contribution >= 0.6 is 23.2 Å². The molecule has 6 nitrogen and oxygen atoms in total. The third kappa shape index (κ3) is 4.32. The van der Waals surface area contributed by atoms with Crippen LogP contribution in [-0.4, -0.2) is 22.7 Å². The summed E-state index contributed by atoms with van der Waals surface area (Å²) < 4.78 is 0. The summed E-state index contributed by atoms with van der Waals surface area (Å²) in [4.78, 5) is 40.9. The molecule has 1 aliphatic carbocycles. The Hall–Kier alpha value is -2.44. The van der Waals surface area contributed by atoms with Gasteiger partial charge in [-0.05, 0) is 54.7 Å². The van der Waals surface area contributed by atoms with Gasteiger partial charge in [-0.25, -0.2) is 0 Å². The van der Waals surface area contributed by atoms with Crippen molar-refractivity contribution in [2.75, 3.05) is 0 Å². The number of amides is 3. The Labute approximate surface area is 190 Å². The Morgan fingerprint density at radius 3 is 2.39 bits per heavy atom. The summed E-state index contributed by atoms with van der Waals surface area (Å²) in [5, 5.41) is 6.09. The molecule has 1 unspecified atom stereocenters. The third-order valence-corrected chi connectivity index (χ3v) is 6.93. The maximum atomic E-state index is 13.2. The van der Waals surface area contributed by atoms with Gasteiger partial charge < -0.3 is 5.32 Å². The number of halogens is 2. The number of imide groups is 1. The van der Waals surface area contributed by atoms with Gasteiger partial charge in [-0.15, -0.1) is 0 Å². The van der Waals surface area contributed by atoms with E-state index in [9.17, 15) is 14.4 Å². The molecule has 2 aliphatic rings. The molecule has 31 heavy (non-hydrogen) atoms. The predicted octanol–water partition coefficient (Wildman–Crippen LogP) is 4.04. The van der Waals surface area contributed by atoms with Crippen molar-refractivity contribution < 1.29 is 14.4 Å². The van der Waals surface area contributed by atoms with Gasteiger partial charge >= 0.3 is 0 Å². The lowest BCUT2D eigenvalue weighted by atomic mass is 9.78. The topological polar surface area (TPSA) is 88.2 Å². The number of carbonyl (C=O) groups is 3. The fraction of sp³-hybridized carbons (Fsp3) is 0.391. The molecule has 0 radical (unpaired) electrons. The first-order chi connectivity index (χ1) is 14.9. The molecular weight excluding hydrogens is 437 g/mol. The number of benzene rings is 1. The molecule has 1 aliphatic heterocycles. The maximum absolute atomic E-state index is 13.2. The minimum Gasteiger partial charge on any atom is -0.351 e. The standard InChI is InChI=1S/C23H23Cl2N3O3/c24-17-11-14(12-18(25)20(17)16-3-4-19(29)28-21(16)30)13-27-22(31)23(7-1-2-8-23)15-5-9-26-10-6-15/h5-6,9-12,16H,1-4,7-8,13H2,(H,27,31)(H,28,29,30). The summed E-state index contributed by atoms with van der Waals surface area (Å²) in [5.41, 5.74) is 1.72. The van der Waals surface area contributed by atoms with Gasteiger partial charge in [0.05, 0.1) is 11.3 Å². The largest absolute Gasteiger partial charge is 0.351 e. The van der Waals surface area contributed by atoms with E-state index < -0.39 is 11.3 Å². The summed E-state index contributed by atoms with van der Waals surface area (Å²) in [5.74, 6) is -1.25. The van der Waals surface area contributed by atoms with E-state index in [4.69, 9.17) is 23.2 Å². The summed E-state index contributed by atoms with van der Waals surface area (Å²) in [6.07, 6.45) is 7.68. The molecule has 162 valence electrons. The molecule has 4 rings (SSSR count). The van der Waals surface area contributed by atoms with Gasteiger partial charge in [0.1, 0.15) is 0 Å². The molecule has 2 aromatic rings. The van der Waals surface area contributed by atoms with Crippen LogP contribution in [0.2, 0.25) is 10.0 Å². The lowest BCUT2D eigenvalue weighted by Crippen LogP contribution is -2.42. The van der Waals surface area contributed by atoms with E-state index in [2.05, 4.69) is 15.6 Å². The second-order valence-corrected chi connectivity index (χ2v) is 9.00. The van der Waals surface area contributed by atoms with Crippen LogP contribution in [-0.2, 0) is 26.3 Å². The van der Waals surface area contributed by atoms with Crippen molar-refractivity contribution in [3.63, 3.8) is 0 Å². The number of hydrogen-bond acceptors (Lipinski definition) is 4. The van der Waals surface area contributed by atoms with E-state index in [0.29, 0.717) is 22.0 Å². The molecule has 1 atom stereocenters. The van der Waals surface area contributed by atoms with Crippen molar-refractivity contribution in [1.29, 1.82) is 0 Å².